The van der Waals surface area contributed by atoms with Gasteiger partial charge in [0.1, 0.15) is 0 Å². The lowest BCUT2D eigenvalue weighted by Gasteiger charge is -2.27. The first-order valence-corrected chi connectivity index (χ1v) is 11.0. The Balaban J connectivity index is 1.54. The third-order valence-corrected chi connectivity index (χ3v) is 5.65. The fourth-order valence-corrected chi connectivity index (χ4v) is 3.64. The highest BCUT2D eigenvalue weighted by Gasteiger charge is 2.21. The molecule has 2 aromatic carbocycles. The molecule has 0 aliphatic carbocycles. The normalized spacial score (nSPS) is 14.9. The van der Waals surface area contributed by atoms with Crippen LogP contribution < -0.4 is 15.5 Å². The highest BCUT2D eigenvalue weighted by atomic mass is 32.2. The minimum Gasteiger partial charge on any atom is -0.387 e. The first kappa shape index (κ1) is 21.9. The molecule has 1 aliphatic heterocycles. The van der Waals surface area contributed by atoms with E-state index in [1.54, 1.807) is 53.1 Å². The van der Waals surface area contributed by atoms with Gasteiger partial charge in [-0.3, -0.25) is 14.4 Å². The quantitative estimate of drug-likeness (QED) is 0.486. The lowest BCUT2D eigenvalue weighted by atomic mass is 10.1. The molecule has 1 fully saturated rings. The number of nitrogens with one attached hydrogen (secondary N) is 2. The number of anilines is 2. The molecule has 1 aliphatic rings. The number of hydrogen-bond donors (Lipinski definition) is 3. The molecule has 0 aromatic heterocycles. The van der Waals surface area contributed by atoms with Gasteiger partial charge in [-0.2, -0.15) is 0 Å². The molecule has 2 aromatic rings. The largest absolute Gasteiger partial charge is 0.387 e. The molecule has 0 unspecified atom stereocenters. The van der Waals surface area contributed by atoms with Gasteiger partial charge in [0.2, 0.25) is 5.91 Å². The summed E-state index contributed by atoms with van der Waals surface area (Å²) in [4.78, 5) is 39.2. The third kappa shape index (κ3) is 5.61. The molecule has 1 saturated heterocycles. The number of aliphatic hydroxyl groups excluding tert-OH is 1. The number of nitrogens with zero attached hydrogens (tertiary/aromatic N) is 1. The maximum atomic E-state index is 12.2. The highest BCUT2D eigenvalue weighted by Crippen LogP contribution is 2.24. The number of piperidine rings is 1. The maximum Gasteiger partial charge on any atom is 0.313 e. The molecule has 8 heteroatoms. The van der Waals surface area contributed by atoms with Crippen molar-refractivity contribution in [3.8, 4) is 0 Å². The average Bonchev–Trinajstić information content (AvgIpc) is 2.77. The zero-order chi connectivity index (χ0) is 21.5. The van der Waals surface area contributed by atoms with Crippen LogP contribution in [-0.4, -0.2) is 42.2 Å². The summed E-state index contributed by atoms with van der Waals surface area (Å²) in [6.45, 7) is 0.569. The summed E-state index contributed by atoms with van der Waals surface area (Å²) < 4.78 is 0. The van der Waals surface area contributed by atoms with Gasteiger partial charge in [-0.05, 0) is 55.0 Å². The molecule has 1 heterocycles. The van der Waals surface area contributed by atoms with Crippen molar-refractivity contribution in [2.75, 3.05) is 29.6 Å². The first-order chi connectivity index (χ1) is 14.5. The molecule has 30 heavy (non-hydrogen) atoms. The lowest BCUT2D eigenvalue weighted by molar-refractivity contribution is -0.136. The Labute approximate surface area is 179 Å². The molecule has 0 bridgehead atoms. The number of amides is 3. The van der Waals surface area contributed by atoms with Crippen LogP contribution >= 0.6 is 11.8 Å². The van der Waals surface area contributed by atoms with Crippen molar-refractivity contribution in [1.29, 1.82) is 0 Å². The van der Waals surface area contributed by atoms with Gasteiger partial charge in [0.15, 0.2) is 0 Å². The summed E-state index contributed by atoms with van der Waals surface area (Å²) in [6.07, 6.45) is 3.39. The molecule has 3 amide bonds. The highest BCUT2D eigenvalue weighted by molar-refractivity contribution is 7.98. The Morgan fingerprint density at radius 2 is 1.90 bits per heavy atom. The topological polar surface area (TPSA) is 98.7 Å². The molecular formula is C22H25N3O4S. The maximum absolute atomic E-state index is 12.2. The summed E-state index contributed by atoms with van der Waals surface area (Å²) in [5.41, 5.74) is 1.79. The van der Waals surface area contributed by atoms with E-state index in [-0.39, 0.29) is 12.5 Å². The lowest BCUT2D eigenvalue weighted by Crippen LogP contribution is -2.38. The fraction of sp³-hybridized carbons (Fsp3) is 0.318. The number of hydrogen-bond acceptors (Lipinski definition) is 5. The van der Waals surface area contributed by atoms with Crippen LogP contribution in [-0.2, 0) is 14.4 Å². The summed E-state index contributed by atoms with van der Waals surface area (Å²) in [6, 6.07) is 14.2. The first-order valence-electron chi connectivity index (χ1n) is 9.79. The second kappa shape index (κ2) is 10.3. The molecule has 3 N–H and O–H groups in total. The summed E-state index contributed by atoms with van der Waals surface area (Å²) >= 11 is 1.60. The molecule has 7 nitrogen and oxygen atoms in total. The van der Waals surface area contributed by atoms with E-state index in [0.717, 1.165) is 17.7 Å². The Bertz CT molecular complexity index is 917. The van der Waals surface area contributed by atoms with E-state index in [2.05, 4.69) is 10.6 Å². The monoisotopic (exact) mass is 427 g/mol. The van der Waals surface area contributed by atoms with Crippen LogP contribution in [0.5, 0.6) is 0 Å². The van der Waals surface area contributed by atoms with Gasteiger partial charge >= 0.3 is 11.8 Å². The molecule has 3 rings (SSSR count). The average molecular weight is 428 g/mol. The van der Waals surface area contributed by atoms with Gasteiger partial charge in [-0.15, -0.1) is 11.8 Å². The molecule has 0 saturated carbocycles. The predicted molar refractivity (Wildman–Crippen MR) is 117 cm³/mol. The fourth-order valence-electron chi connectivity index (χ4n) is 3.23. The van der Waals surface area contributed by atoms with E-state index in [1.807, 2.05) is 18.4 Å². The van der Waals surface area contributed by atoms with Crippen molar-refractivity contribution < 1.29 is 19.5 Å². The second-order valence-electron chi connectivity index (χ2n) is 7.01. The Morgan fingerprint density at radius 3 is 2.60 bits per heavy atom. The van der Waals surface area contributed by atoms with Gasteiger partial charge in [-0.1, -0.05) is 18.2 Å². The number of rotatable bonds is 6. The Morgan fingerprint density at radius 1 is 1.13 bits per heavy atom. The number of thioether (sulfide) groups is 1. The summed E-state index contributed by atoms with van der Waals surface area (Å²) in [5.74, 6) is -1.61. The van der Waals surface area contributed by atoms with Crippen LogP contribution in [0.25, 0.3) is 0 Å². The predicted octanol–water partition coefficient (Wildman–Crippen LogP) is 2.71. The SMILES string of the molecule is CSc1ccc([C@@H](O)CNC(=O)C(=O)Nc2cccc(N3CCCCC3=O)c2)cc1. The standard InChI is InChI=1S/C22H25N3O4S/c1-30-18-10-8-15(9-11-18)19(26)14-23-21(28)22(29)24-16-5-4-6-17(13-16)25-12-3-2-7-20(25)27/h4-6,8-11,13,19,26H,2-3,7,12,14H2,1H3,(H,23,28)(H,24,29)/t19-/m0/s1. The van der Waals surface area contributed by atoms with Gasteiger partial charge in [0.05, 0.1) is 6.10 Å². The zero-order valence-corrected chi connectivity index (χ0v) is 17.6. The minimum atomic E-state index is -0.911. The number of aliphatic hydroxyl groups is 1. The molecule has 0 radical (unpaired) electrons. The van der Waals surface area contributed by atoms with Gasteiger partial charge < -0.3 is 20.6 Å². The van der Waals surface area contributed by atoms with Crippen molar-refractivity contribution in [2.24, 2.45) is 0 Å². The second-order valence-corrected chi connectivity index (χ2v) is 7.89. The van der Waals surface area contributed by atoms with Crippen LogP contribution in [0.15, 0.2) is 53.4 Å². The molecule has 0 spiro atoms. The van der Waals surface area contributed by atoms with Crippen molar-refractivity contribution in [3.05, 3.63) is 54.1 Å². The summed E-state index contributed by atoms with van der Waals surface area (Å²) in [7, 11) is 0. The number of carbonyl (C=O) groups is 3. The molecule has 158 valence electrons. The van der Waals surface area contributed by atoms with Crippen LogP contribution in [0.1, 0.15) is 30.9 Å². The Hall–Kier alpha value is -2.84. The van der Waals surface area contributed by atoms with E-state index in [4.69, 9.17) is 0 Å². The van der Waals surface area contributed by atoms with E-state index in [9.17, 15) is 19.5 Å². The van der Waals surface area contributed by atoms with Crippen molar-refractivity contribution >= 4 is 40.9 Å². The van der Waals surface area contributed by atoms with Crippen molar-refractivity contribution in [1.82, 2.24) is 5.32 Å². The van der Waals surface area contributed by atoms with Crippen molar-refractivity contribution in [2.45, 2.75) is 30.3 Å². The van der Waals surface area contributed by atoms with Gasteiger partial charge in [0, 0.05) is 35.8 Å². The van der Waals surface area contributed by atoms with Gasteiger partial charge in [-0.25, -0.2) is 0 Å². The van der Waals surface area contributed by atoms with Crippen LogP contribution in [0.4, 0.5) is 11.4 Å². The van der Waals surface area contributed by atoms with E-state index in [0.29, 0.717) is 29.9 Å². The number of benzene rings is 2. The van der Waals surface area contributed by atoms with Crippen LogP contribution in [0, 0.1) is 0 Å². The number of carbonyl (C=O) groups excluding carboxylic acids is 3. The zero-order valence-electron chi connectivity index (χ0n) is 16.8. The van der Waals surface area contributed by atoms with Crippen LogP contribution in [0.2, 0.25) is 0 Å². The summed E-state index contributed by atoms with van der Waals surface area (Å²) in [5, 5.41) is 15.2. The Kier molecular flexibility index (Phi) is 7.48. The van der Waals surface area contributed by atoms with Crippen molar-refractivity contribution in [3.63, 3.8) is 0 Å². The minimum absolute atomic E-state index is 0.0574. The smallest absolute Gasteiger partial charge is 0.313 e. The van der Waals surface area contributed by atoms with E-state index < -0.39 is 17.9 Å². The molecule has 1 atom stereocenters. The van der Waals surface area contributed by atoms with Gasteiger partial charge in [0.25, 0.3) is 0 Å². The third-order valence-electron chi connectivity index (χ3n) is 4.90. The van der Waals surface area contributed by atoms with E-state index >= 15 is 0 Å². The van der Waals surface area contributed by atoms with E-state index in [1.165, 1.54) is 0 Å². The molecular weight excluding hydrogens is 402 g/mol. The van der Waals surface area contributed by atoms with Crippen LogP contribution in [0.3, 0.4) is 0 Å².